The number of aromatic nitrogens is 2. The molecule has 2 aliphatic rings. The molecular weight excluding hydrogens is 418 g/mol. The predicted molar refractivity (Wildman–Crippen MR) is 109 cm³/mol. The van der Waals surface area contributed by atoms with Crippen molar-refractivity contribution in [3.63, 3.8) is 0 Å². The molecule has 0 amide bonds. The van der Waals surface area contributed by atoms with Gasteiger partial charge in [0.05, 0.1) is 22.7 Å². The van der Waals surface area contributed by atoms with E-state index in [1.54, 1.807) is 32.0 Å². The molecule has 3 aromatic rings. The van der Waals surface area contributed by atoms with E-state index in [0.29, 0.717) is 17.0 Å². The first-order chi connectivity index (χ1) is 13.7. The molecule has 0 radical (unpaired) electrons. The zero-order valence-corrected chi connectivity index (χ0v) is 17.3. The molecule has 0 fully saturated rings. The largest absolute Gasteiger partial charge is 0.434 e. The molecule has 4 nitrogen and oxygen atoms in total. The molecule has 152 valence electrons. The molecule has 3 heterocycles. The van der Waals surface area contributed by atoms with Gasteiger partial charge in [0.15, 0.2) is 0 Å². The summed E-state index contributed by atoms with van der Waals surface area (Å²) in [5.41, 5.74) is 1.38. The number of ether oxygens (including phenoxy) is 1. The van der Waals surface area contributed by atoms with Gasteiger partial charge in [0, 0.05) is 26.6 Å². The summed E-state index contributed by atoms with van der Waals surface area (Å²) in [5.74, 6) is 0.981. The van der Waals surface area contributed by atoms with Crippen molar-refractivity contribution in [2.45, 2.75) is 54.6 Å². The van der Waals surface area contributed by atoms with Crippen LogP contribution in [0, 0.1) is 0 Å². The Hall–Kier alpha value is -1.83. The van der Waals surface area contributed by atoms with E-state index in [0.717, 1.165) is 21.8 Å². The van der Waals surface area contributed by atoms with Crippen LogP contribution in [0.1, 0.15) is 43.6 Å². The van der Waals surface area contributed by atoms with E-state index < -0.39 is 12.2 Å². The minimum Gasteiger partial charge on any atom is -0.434 e. The Morgan fingerprint density at radius 1 is 1.31 bits per heavy atom. The molecule has 1 aromatic heterocycles. The second-order valence-corrected chi connectivity index (χ2v) is 9.69. The van der Waals surface area contributed by atoms with E-state index in [1.165, 1.54) is 11.8 Å². The normalized spacial score (nSPS) is 23.2. The summed E-state index contributed by atoms with van der Waals surface area (Å²) in [6, 6.07) is 10.5. The number of rotatable bonds is 3. The number of fused-ring (bicyclic) bond motifs is 9. The van der Waals surface area contributed by atoms with E-state index in [1.807, 2.05) is 18.2 Å². The second kappa shape index (κ2) is 6.59. The van der Waals surface area contributed by atoms with Crippen molar-refractivity contribution in [2.24, 2.45) is 0 Å². The zero-order valence-electron chi connectivity index (χ0n) is 15.8. The number of hydrogen-bond donors (Lipinski definition) is 1. The lowest BCUT2D eigenvalue weighted by Gasteiger charge is -2.32. The van der Waals surface area contributed by atoms with E-state index in [2.05, 4.69) is 4.57 Å². The molecule has 0 spiro atoms. The first-order valence-corrected chi connectivity index (χ1v) is 10.6. The van der Waals surface area contributed by atoms with Crippen molar-refractivity contribution in [1.82, 2.24) is 9.55 Å². The highest BCUT2D eigenvalue weighted by Gasteiger charge is 2.48. The Labute approximate surface area is 175 Å². The van der Waals surface area contributed by atoms with E-state index in [-0.39, 0.29) is 23.0 Å². The number of hydrogen-bond acceptors (Lipinski definition) is 4. The number of benzene rings is 2. The smallest absolute Gasteiger partial charge is 0.387 e. The molecule has 1 N–H and O–H groups in total. The number of nitrogens with zero attached hydrogens (tertiary/aromatic N) is 2. The van der Waals surface area contributed by atoms with Crippen molar-refractivity contribution in [3.8, 4) is 5.75 Å². The van der Waals surface area contributed by atoms with Gasteiger partial charge in [-0.05, 0) is 50.6 Å². The summed E-state index contributed by atoms with van der Waals surface area (Å²) in [6.07, 6.45) is 0.656. The summed E-state index contributed by atoms with van der Waals surface area (Å²) in [4.78, 5) is 5.68. The van der Waals surface area contributed by atoms with Crippen LogP contribution in [0.25, 0.3) is 11.0 Å². The van der Waals surface area contributed by atoms with Gasteiger partial charge in [-0.15, -0.1) is 11.8 Å². The third-order valence-corrected chi connectivity index (χ3v) is 7.69. The maximum absolute atomic E-state index is 13.1. The van der Waals surface area contributed by atoms with E-state index >= 15 is 0 Å². The van der Waals surface area contributed by atoms with E-state index in [9.17, 15) is 13.9 Å². The summed E-state index contributed by atoms with van der Waals surface area (Å²) >= 11 is 7.76. The third kappa shape index (κ3) is 3.02. The van der Waals surface area contributed by atoms with Gasteiger partial charge in [0.1, 0.15) is 11.6 Å². The van der Waals surface area contributed by atoms with Gasteiger partial charge in [0.2, 0.25) is 0 Å². The van der Waals surface area contributed by atoms with Crippen molar-refractivity contribution in [1.29, 1.82) is 0 Å². The van der Waals surface area contributed by atoms with Crippen LogP contribution in [-0.2, 0) is 0 Å². The first-order valence-electron chi connectivity index (χ1n) is 9.38. The maximum Gasteiger partial charge on any atom is 0.387 e. The number of imidazole rings is 1. The lowest BCUT2D eigenvalue weighted by molar-refractivity contribution is -0.0508. The SMILES string of the molecule is CC(C)(O)[C@@H]1Sc2cccc(OC(F)F)c2[C@H]2CC1c1nc3ccc(Cl)cc3n12. The summed E-state index contributed by atoms with van der Waals surface area (Å²) in [7, 11) is 0. The summed E-state index contributed by atoms with van der Waals surface area (Å²) in [5, 5.41) is 11.3. The van der Waals surface area contributed by atoms with Gasteiger partial charge in [-0.25, -0.2) is 4.98 Å². The molecule has 2 bridgehead atoms. The number of halogens is 3. The molecule has 1 unspecified atom stereocenters. The molecule has 0 saturated carbocycles. The van der Waals surface area contributed by atoms with Crippen LogP contribution in [0.5, 0.6) is 5.75 Å². The van der Waals surface area contributed by atoms with E-state index in [4.69, 9.17) is 21.3 Å². The minimum absolute atomic E-state index is 0.0389. The molecule has 29 heavy (non-hydrogen) atoms. The topological polar surface area (TPSA) is 47.3 Å². The number of thioether (sulfide) groups is 1. The molecule has 2 aromatic carbocycles. The fourth-order valence-corrected chi connectivity index (χ4v) is 6.29. The Morgan fingerprint density at radius 3 is 2.83 bits per heavy atom. The van der Waals surface area contributed by atoms with Crippen LogP contribution in [-0.4, -0.2) is 32.1 Å². The van der Waals surface area contributed by atoms with Crippen LogP contribution in [0.3, 0.4) is 0 Å². The second-order valence-electron chi connectivity index (χ2n) is 8.07. The minimum atomic E-state index is -2.91. The summed E-state index contributed by atoms with van der Waals surface area (Å²) < 4.78 is 33.3. The zero-order chi connectivity index (χ0) is 20.5. The fraction of sp³-hybridized carbons (Fsp3) is 0.381. The Morgan fingerprint density at radius 2 is 2.10 bits per heavy atom. The highest BCUT2D eigenvalue weighted by Crippen LogP contribution is 2.57. The van der Waals surface area contributed by atoms with Crippen molar-refractivity contribution in [3.05, 3.63) is 52.8 Å². The van der Waals surface area contributed by atoms with Crippen LogP contribution >= 0.6 is 23.4 Å². The third-order valence-electron chi connectivity index (χ3n) is 5.69. The molecule has 8 heteroatoms. The lowest BCUT2D eigenvalue weighted by atomic mass is 9.88. The van der Waals surface area contributed by atoms with Crippen LogP contribution in [0.2, 0.25) is 5.02 Å². The highest BCUT2D eigenvalue weighted by atomic mass is 35.5. The van der Waals surface area contributed by atoms with Crippen molar-refractivity contribution >= 4 is 34.4 Å². The standard InChI is InChI=1S/C21H19ClF2N2O2S/c1-21(2,27)18-11-9-14(17-15(28-20(23)24)4-3-5-16(17)29-18)26-13-8-10(22)6-7-12(13)25-19(11)26/h3-8,11,14,18,20,27H,9H2,1-2H3/t11?,14-,18-/m1/s1. The van der Waals surface area contributed by atoms with Gasteiger partial charge < -0.3 is 14.4 Å². The van der Waals surface area contributed by atoms with Crippen molar-refractivity contribution in [2.75, 3.05) is 0 Å². The Kier molecular flexibility index (Phi) is 4.35. The highest BCUT2D eigenvalue weighted by molar-refractivity contribution is 8.00. The molecule has 5 rings (SSSR count). The monoisotopic (exact) mass is 436 g/mol. The molecule has 0 saturated heterocycles. The summed E-state index contributed by atoms with van der Waals surface area (Å²) in [6.45, 7) is 0.657. The molecule has 0 aliphatic carbocycles. The van der Waals surface area contributed by atoms with Gasteiger partial charge in [-0.1, -0.05) is 17.7 Å². The van der Waals surface area contributed by atoms with Gasteiger partial charge in [-0.2, -0.15) is 8.78 Å². The maximum atomic E-state index is 13.1. The van der Waals surface area contributed by atoms with Crippen molar-refractivity contribution < 1.29 is 18.6 Å². The van der Waals surface area contributed by atoms with Crippen LogP contribution in [0.15, 0.2) is 41.3 Å². The predicted octanol–water partition coefficient (Wildman–Crippen LogP) is 5.61. The first kappa shape index (κ1) is 19.2. The molecule has 3 atom stereocenters. The Balaban J connectivity index is 1.80. The van der Waals surface area contributed by atoms with Gasteiger partial charge in [-0.3, -0.25) is 0 Å². The molecular formula is C21H19ClF2N2O2S. The number of aliphatic hydroxyl groups is 1. The van der Waals surface area contributed by atoms with Gasteiger partial charge in [0.25, 0.3) is 0 Å². The molecule has 2 aliphatic heterocycles. The fourth-order valence-electron chi connectivity index (χ4n) is 4.64. The number of alkyl halides is 2. The quantitative estimate of drug-likeness (QED) is 0.579. The Bertz CT molecular complexity index is 1110. The van der Waals surface area contributed by atoms with Crippen LogP contribution < -0.4 is 4.74 Å². The average Bonchev–Trinajstić information content (AvgIpc) is 3.09. The van der Waals surface area contributed by atoms with Crippen LogP contribution in [0.4, 0.5) is 8.78 Å². The lowest BCUT2D eigenvalue weighted by Crippen LogP contribution is -2.37. The average molecular weight is 437 g/mol. The van der Waals surface area contributed by atoms with Gasteiger partial charge >= 0.3 is 6.61 Å².